The van der Waals surface area contributed by atoms with Crippen LogP contribution < -0.4 is 10.6 Å². The highest BCUT2D eigenvalue weighted by atomic mass is 16.3. The van der Waals surface area contributed by atoms with Gasteiger partial charge in [-0.1, -0.05) is 18.7 Å². The minimum Gasteiger partial charge on any atom is -0.508 e. The van der Waals surface area contributed by atoms with Gasteiger partial charge in [0.05, 0.1) is 6.04 Å². The SMILES string of the molecule is C=CC(=O)Nc1ccc(C(=O)NC2CCc3c(O)cccc32)cc1. The van der Waals surface area contributed by atoms with E-state index in [1.807, 2.05) is 6.07 Å². The maximum absolute atomic E-state index is 12.4. The Morgan fingerprint density at radius 2 is 1.92 bits per heavy atom. The molecule has 1 aliphatic carbocycles. The second kappa shape index (κ2) is 6.58. The predicted molar refractivity (Wildman–Crippen MR) is 91.9 cm³/mol. The number of amides is 2. The first-order valence-corrected chi connectivity index (χ1v) is 7.73. The number of hydrogen-bond acceptors (Lipinski definition) is 3. The number of aromatic hydroxyl groups is 1. The fourth-order valence-corrected chi connectivity index (χ4v) is 2.92. The lowest BCUT2D eigenvalue weighted by atomic mass is 10.1. The number of rotatable bonds is 4. The number of nitrogens with one attached hydrogen (secondary N) is 2. The van der Waals surface area contributed by atoms with Crippen LogP contribution in [0.3, 0.4) is 0 Å². The van der Waals surface area contributed by atoms with Crippen LogP contribution in [0.15, 0.2) is 55.1 Å². The van der Waals surface area contributed by atoms with Gasteiger partial charge in [-0.15, -0.1) is 0 Å². The summed E-state index contributed by atoms with van der Waals surface area (Å²) in [5.74, 6) is -0.195. The molecule has 3 N–H and O–H groups in total. The zero-order valence-corrected chi connectivity index (χ0v) is 13.1. The number of phenolic OH excluding ortho intramolecular Hbond substituents is 1. The van der Waals surface area contributed by atoms with Crippen LogP contribution in [-0.2, 0) is 11.2 Å². The number of benzene rings is 2. The normalized spacial score (nSPS) is 15.4. The van der Waals surface area contributed by atoms with Gasteiger partial charge in [0.15, 0.2) is 0 Å². The molecular formula is C19H18N2O3. The molecule has 0 fully saturated rings. The average molecular weight is 322 g/mol. The van der Waals surface area contributed by atoms with Crippen LogP contribution in [0.1, 0.15) is 33.9 Å². The van der Waals surface area contributed by atoms with Gasteiger partial charge >= 0.3 is 0 Å². The molecule has 0 bridgehead atoms. The summed E-state index contributed by atoms with van der Waals surface area (Å²) >= 11 is 0. The Morgan fingerprint density at radius 3 is 2.62 bits per heavy atom. The van der Waals surface area contributed by atoms with Crippen LogP contribution in [-0.4, -0.2) is 16.9 Å². The third-order valence-corrected chi connectivity index (χ3v) is 4.15. The predicted octanol–water partition coefficient (Wildman–Crippen LogP) is 2.93. The summed E-state index contributed by atoms with van der Waals surface area (Å²) in [7, 11) is 0. The fraction of sp³-hybridized carbons (Fsp3) is 0.158. The molecule has 5 nitrogen and oxygen atoms in total. The zero-order chi connectivity index (χ0) is 17.1. The first-order chi connectivity index (χ1) is 11.6. The highest BCUT2D eigenvalue weighted by Crippen LogP contribution is 2.36. The molecule has 0 spiro atoms. The van der Waals surface area contributed by atoms with Gasteiger partial charge in [-0.3, -0.25) is 9.59 Å². The maximum Gasteiger partial charge on any atom is 0.251 e. The summed E-state index contributed by atoms with van der Waals surface area (Å²) < 4.78 is 0. The molecule has 0 aliphatic heterocycles. The smallest absolute Gasteiger partial charge is 0.251 e. The van der Waals surface area contributed by atoms with Gasteiger partial charge in [-0.05, 0) is 60.4 Å². The van der Waals surface area contributed by atoms with Crippen LogP contribution in [0.4, 0.5) is 5.69 Å². The van der Waals surface area contributed by atoms with Crippen molar-refractivity contribution >= 4 is 17.5 Å². The maximum atomic E-state index is 12.4. The van der Waals surface area contributed by atoms with Crippen molar-refractivity contribution < 1.29 is 14.7 Å². The van der Waals surface area contributed by atoms with Crippen molar-refractivity contribution in [2.75, 3.05) is 5.32 Å². The Hall–Kier alpha value is -3.08. The van der Waals surface area contributed by atoms with Gasteiger partial charge in [-0.25, -0.2) is 0 Å². The lowest BCUT2D eigenvalue weighted by Crippen LogP contribution is -2.27. The number of carbonyl (C=O) groups excluding carboxylic acids is 2. The summed E-state index contributed by atoms with van der Waals surface area (Å²) in [6, 6.07) is 11.9. The Labute approximate surface area is 140 Å². The molecule has 1 aliphatic rings. The summed E-state index contributed by atoms with van der Waals surface area (Å²) in [4.78, 5) is 23.7. The first kappa shape index (κ1) is 15.8. The molecule has 1 atom stereocenters. The van der Waals surface area contributed by atoms with Crippen molar-refractivity contribution in [3.05, 3.63) is 71.8 Å². The van der Waals surface area contributed by atoms with Crippen LogP contribution >= 0.6 is 0 Å². The zero-order valence-electron chi connectivity index (χ0n) is 13.1. The van der Waals surface area contributed by atoms with E-state index in [4.69, 9.17) is 0 Å². The van der Waals surface area contributed by atoms with E-state index in [2.05, 4.69) is 17.2 Å². The lowest BCUT2D eigenvalue weighted by molar-refractivity contribution is -0.111. The van der Waals surface area contributed by atoms with Crippen molar-refractivity contribution in [2.24, 2.45) is 0 Å². The number of fused-ring (bicyclic) bond motifs is 1. The van der Waals surface area contributed by atoms with E-state index >= 15 is 0 Å². The average Bonchev–Trinajstić information content (AvgIpc) is 3.00. The van der Waals surface area contributed by atoms with Crippen LogP contribution in [0.25, 0.3) is 0 Å². The number of phenols is 1. The Morgan fingerprint density at radius 1 is 1.17 bits per heavy atom. The highest BCUT2D eigenvalue weighted by Gasteiger charge is 2.26. The topological polar surface area (TPSA) is 78.4 Å². The van der Waals surface area contributed by atoms with Gasteiger partial charge in [0.1, 0.15) is 5.75 Å². The highest BCUT2D eigenvalue weighted by molar-refractivity contribution is 5.99. The van der Waals surface area contributed by atoms with E-state index in [1.54, 1.807) is 36.4 Å². The van der Waals surface area contributed by atoms with E-state index in [9.17, 15) is 14.7 Å². The molecule has 5 heteroatoms. The van der Waals surface area contributed by atoms with Crippen LogP contribution in [0.5, 0.6) is 5.75 Å². The molecule has 24 heavy (non-hydrogen) atoms. The van der Waals surface area contributed by atoms with E-state index < -0.39 is 0 Å². The molecular weight excluding hydrogens is 304 g/mol. The molecule has 0 saturated heterocycles. The van der Waals surface area contributed by atoms with Crippen molar-refractivity contribution in [3.63, 3.8) is 0 Å². The van der Waals surface area contributed by atoms with E-state index in [-0.39, 0.29) is 23.6 Å². The van der Waals surface area contributed by atoms with Gasteiger partial charge < -0.3 is 15.7 Å². The van der Waals surface area contributed by atoms with Crippen LogP contribution in [0, 0.1) is 0 Å². The molecule has 0 radical (unpaired) electrons. The third kappa shape index (κ3) is 3.15. The Balaban J connectivity index is 1.69. The second-order valence-electron chi connectivity index (χ2n) is 5.68. The summed E-state index contributed by atoms with van der Waals surface area (Å²) in [6.07, 6.45) is 2.71. The second-order valence-corrected chi connectivity index (χ2v) is 5.68. The molecule has 1 unspecified atom stereocenters. The molecule has 2 aromatic rings. The largest absolute Gasteiger partial charge is 0.508 e. The molecule has 0 aromatic heterocycles. The quantitative estimate of drug-likeness (QED) is 0.757. The summed E-state index contributed by atoms with van der Waals surface area (Å²) in [5.41, 5.74) is 3.00. The van der Waals surface area contributed by atoms with Crippen molar-refractivity contribution in [1.29, 1.82) is 0 Å². The van der Waals surface area contributed by atoms with Crippen molar-refractivity contribution in [1.82, 2.24) is 5.32 Å². The molecule has 122 valence electrons. The number of hydrogen-bond donors (Lipinski definition) is 3. The number of anilines is 1. The Kier molecular flexibility index (Phi) is 4.33. The standard InChI is InChI=1S/C19H18N2O3/c1-2-18(23)20-13-8-6-12(7-9-13)19(24)21-16-11-10-15-14(16)4-3-5-17(15)22/h2-9,16,22H,1,10-11H2,(H,20,23)(H,21,24). The third-order valence-electron chi connectivity index (χ3n) is 4.15. The molecule has 0 heterocycles. The monoisotopic (exact) mass is 322 g/mol. The van der Waals surface area contributed by atoms with E-state index in [1.165, 1.54) is 6.08 Å². The molecule has 2 amide bonds. The Bertz CT molecular complexity index is 797. The number of carbonyl (C=O) groups is 2. The van der Waals surface area contributed by atoms with Gasteiger partial charge in [-0.2, -0.15) is 0 Å². The van der Waals surface area contributed by atoms with Gasteiger partial charge in [0.2, 0.25) is 5.91 Å². The van der Waals surface area contributed by atoms with Crippen LogP contribution in [0.2, 0.25) is 0 Å². The molecule has 3 rings (SSSR count). The molecule has 2 aromatic carbocycles. The minimum absolute atomic E-state index is 0.0975. The summed E-state index contributed by atoms with van der Waals surface area (Å²) in [6.45, 7) is 3.39. The van der Waals surface area contributed by atoms with Gasteiger partial charge in [0, 0.05) is 11.3 Å². The van der Waals surface area contributed by atoms with E-state index in [0.717, 1.165) is 24.0 Å². The summed E-state index contributed by atoms with van der Waals surface area (Å²) in [5, 5.41) is 15.5. The first-order valence-electron chi connectivity index (χ1n) is 7.73. The van der Waals surface area contributed by atoms with Crippen molar-refractivity contribution in [2.45, 2.75) is 18.9 Å². The van der Waals surface area contributed by atoms with Gasteiger partial charge in [0.25, 0.3) is 5.91 Å². The lowest BCUT2D eigenvalue weighted by Gasteiger charge is -2.14. The molecule has 0 saturated carbocycles. The minimum atomic E-state index is -0.297. The van der Waals surface area contributed by atoms with E-state index in [0.29, 0.717) is 11.3 Å². The van der Waals surface area contributed by atoms with Crippen molar-refractivity contribution in [3.8, 4) is 5.75 Å². The fourth-order valence-electron chi connectivity index (χ4n) is 2.92.